The molecule has 0 aromatic heterocycles. The van der Waals surface area contributed by atoms with Crippen LogP contribution in [0.3, 0.4) is 0 Å². The minimum Gasteiger partial charge on any atom is -0.457 e. The van der Waals surface area contributed by atoms with Gasteiger partial charge in [0.15, 0.2) is 9.84 Å². The van der Waals surface area contributed by atoms with Gasteiger partial charge in [0.05, 0.1) is 4.90 Å². The molecule has 5 nitrogen and oxygen atoms in total. The molecule has 3 rings (SSSR count). The van der Waals surface area contributed by atoms with E-state index in [-0.39, 0.29) is 23.2 Å². The SMILES string of the molecule is Cc1ccc(S(C)(=O)=O)cc1C(=O)NCc1ccc(Oc2ccc(F)cc2)cc1. The van der Waals surface area contributed by atoms with Crippen LogP contribution in [0, 0.1) is 12.7 Å². The standard InChI is InChI=1S/C22H20FNO4S/c1-15-3-12-20(29(2,26)27)13-21(15)22(25)24-14-16-4-8-18(9-5-16)28-19-10-6-17(23)7-11-19/h3-13H,14H2,1-2H3,(H,24,25). The molecule has 150 valence electrons. The van der Waals surface area contributed by atoms with Crippen molar-refractivity contribution >= 4 is 15.7 Å². The van der Waals surface area contributed by atoms with Crippen molar-refractivity contribution in [2.24, 2.45) is 0 Å². The Morgan fingerprint density at radius 1 is 0.966 bits per heavy atom. The summed E-state index contributed by atoms with van der Waals surface area (Å²) in [6.07, 6.45) is 1.11. The lowest BCUT2D eigenvalue weighted by Gasteiger charge is -2.10. The van der Waals surface area contributed by atoms with E-state index in [0.29, 0.717) is 22.6 Å². The third-order valence-corrected chi connectivity index (χ3v) is 5.42. The second kappa shape index (κ2) is 8.45. The van der Waals surface area contributed by atoms with Crippen molar-refractivity contribution in [1.82, 2.24) is 5.32 Å². The van der Waals surface area contributed by atoms with Crippen LogP contribution in [-0.4, -0.2) is 20.6 Å². The number of aryl methyl sites for hydroxylation is 1. The summed E-state index contributed by atoms with van der Waals surface area (Å²) < 4.78 is 42.0. The van der Waals surface area contributed by atoms with Crippen molar-refractivity contribution in [3.63, 3.8) is 0 Å². The van der Waals surface area contributed by atoms with Gasteiger partial charge in [-0.2, -0.15) is 0 Å². The average Bonchev–Trinajstić information content (AvgIpc) is 2.68. The summed E-state index contributed by atoms with van der Waals surface area (Å²) in [4.78, 5) is 12.6. The molecule has 1 N–H and O–H groups in total. The fourth-order valence-corrected chi connectivity index (χ4v) is 3.32. The first kappa shape index (κ1) is 20.5. The van der Waals surface area contributed by atoms with Gasteiger partial charge in [0.25, 0.3) is 5.91 Å². The molecule has 0 saturated carbocycles. The predicted molar refractivity (Wildman–Crippen MR) is 108 cm³/mol. The van der Waals surface area contributed by atoms with Gasteiger partial charge in [-0.05, 0) is 66.6 Å². The van der Waals surface area contributed by atoms with Gasteiger partial charge in [-0.1, -0.05) is 18.2 Å². The summed E-state index contributed by atoms with van der Waals surface area (Å²) >= 11 is 0. The van der Waals surface area contributed by atoms with E-state index in [1.165, 1.54) is 36.4 Å². The quantitative estimate of drug-likeness (QED) is 0.655. The zero-order chi connectivity index (χ0) is 21.0. The number of carbonyl (C=O) groups excluding carboxylic acids is 1. The zero-order valence-electron chi connectivity index (χ0n) is 16.0. The number of amides is 1. The molecule has 1 amide bonds. The maximum atomic E-state index is 12.9. The largest absolute Gasteiger partial charge is 0.457 e. The molecule has 0 atom stereocenters. The Bertz CT molecular complexity index is 1120. The van der Waals surface area contributed by atoms with E-state index in [0.717, 1.165) is 11.8 Å². The Balaban J connectivity index is 1.64. The Morgan fingerprint density at radius 3 is 2.14 bits per heavy atom. The molecule has 0 aliphatic heterocycles. The molecule has 0 heterocycles. The molecule has 29 heavy (non-hydrogen) atoms. The molecule has 0 fully saturated rings. The van der Waals surface area contributed by atoms with E-state index in [9.17, 15) is 17.6 Å². The monoisotopic (exact) mass is 413 g/mol. The van der Waals surface area contributed by atoms with Crippen LogP contribution in [0.4, 0.5) is 4.39 Å². The van der Waals surface area contributed by atoms with Crippen LogP contribution >= 0.6 is 0 Å². The molecule has 0 aliphatic carbocycles. The summed E-state index contributed by atoms with van der Waals surface area (Å²) in [6.45, 7) is 2.03. The minimum atomic E-state index is -3.39. The maximum absolute atomic E-state index is 12.9. The summed E-state index contributed by atoms with van der Waals surface area (Å²) in [5, 5.41) is 2.79. The van der Waals surface area contributed by atoms with Gasteiger partial charge in [0.1, 0.15) is 17.3 Å². The minimum absolute atomic E-state index is 0.107. The van der Waals surface area contributed by atoms with E-state index in [1.807, 2.05) is 0 Å². The van der Waals surface area contributed by atoms with Crippen molar-refractivity contribution < 1.29 is 22.3 Å². The summed E-state index contributed by atoms with van der Waals surface area (Å²) in [5.41, 5.74) is 1.86. The molecule has 3 aromatic rings. The van der Waals surface area contributed by atoms with E-state index in [1.54, 1.807) is 37.3 Å². The number of sulfone groups is 1. The van der Waals surface area contributed by atoms with Crippen LogP contribution in [0.1, 0.15) is 21.5 Å². The Hall–Kier alpha value is -3.19. The smallest absolute Gasteiger partial charge is 0.251 e. The number of rotatable bonds is 6. The predicted octanol–water partition coefficient (Wildman–Crippen LogP) is 4.26. The lowest BCUT2D eigenvalue weighted by atomic mass is 10.1. The van der Waals surface area contributed by atoms with Gasteiger partial charge in [-0.25, -0.2) is 12.8 Å². The molecule has 0 unspecified atom stereocenters. The highest BCUT2D eigenvalue weighted by Crippen LogP contribution is 2.22. The number of halogens is 1. The number of benzene rings is 3. The molecular formula is C22H20FNO4S. The van der Waals surface area contributed by atoms with Crippen molar-refractivity contribution in [1.29, 1.82) is 0 Å². The highest BCUT2D eigenvalue weighted by Gasteiger charge is 2.14. The van der Waals surface area contributed by atoms with Gasteiger partial charge >= 0.3 is 0 Å². The van der Waals surface area contributed by atoms with E-state index >= 15 is 0 Å². The molecular weight excluding hydrogens is 393 g/mol. The van der Waals surface area contributed by atoms with Gasteiger partial charge < -0.3 is 10.1 Å². The van der Waals surface area contributed by atoms with Crippen molar-refractivity contribution in [3.8, 4) is 11.5 Å². The Labute approximate surface area is 169 Å². The number of hydrogen-bond donors (Lipinski definition) is 1. The van der Waals surface area contributed by atoms with Gasteiger partial charge in [-0.3, -0.25) is 4.79 Å². The number of nitrogens with one attached hydrogen (secondary N) is 1. The number of hydrogen-bond acceptors (Lipinski definition) is 4. The van der Waals surface area contributed by atoms with Crippen molar-refractivity contribution in [3.05, 3.63) is 89.2 Å². The second-order valence-corrected chi connectivity index (χ2v) is 8.65. The topological polar surface area (TPSA) is 72.5 Å². The van der Waals surface area contributed by atoms with Crippen molar-refractivity contribution in [2.75, 3.05) is 6.26 Å². The molecule has 0 saturated heterocycles. The maximum Gasteiger partial charge on any atom is 0.251 e. The fourth-order valence-electron chi connectivity index (χ4n) is 2.67. The molecule has 0 bridgehead atoms. The number of ether oxygens (including phenoxy) is 1. The van der Waals surface area contributed by atoms with Crippen LogP contribution < -0.4 is 10.1 Å². The Kier molecular flexibility index (Phi) is 5.98. The third kappa shape index (κ3) is 5.42. The van der Waals surface area contributed by atoms with Crippen LogP contribution in [0.25, 0.3) is 0 Å². The first-order chi connectivity index (χ1) is 13.7. The first-order valence-corrected chi connectivity index (χ1v) is 10.7. The van der Waals surface area contributed by atoms with E-state index in [4.69, 9.17) is 4.74 Å². The highest BCUT2D eigenvalue weighted by atomic mass is 32.2. The van der Waals surface area contributed by atoms with E-state index < -0.39 is 9.84 Å². The molecule has 0 aliphatic rings. The molecule has 7 heteroatoms. The van der Waals surface area contributed by atoms with Crippen LogP contribution in [0.15, 0.2) is 71.6 Å². The molecule has 0 spiro atoms. The summed E-state index contributed by atoms with van der Waals surface area (Å²) in [6, 6.07) is 17.3. The summed E-state index contributed by atoms with van der Waals surface area (Å²) in [5.74, 6) is 0.428. The van der Waals surface area contributed by atoms with Gasteiger partial charge in [0, 0.05) is 18.4 Å². The van der Waals surface area contributed by atoms with Crippen LogP contribution in [-0.2, 0) is 16.4 Å². The third-order valence-electron chi connectivity index (χ3n) is 4.31. The van der Waals surface area contributed by atoms with E-state index in [2.05, 4.69) is 5.32 Å². The Morgan fingerprint density at radius 2 is 1.55 bits per heavy atom. The molecule has 0 radical (unpaired) electrons. The first-order valence-electron chi connectivity index (χ1n) is 8.83. The second-order valence-electron chi connectivity index (χ2n) is 6.63. The molecule has 3 aromatic carbocycles. The normalized spacial score (nSPS) is 11.1. The fraction of sp³-hybridized carbons (Fsp3) is 0.136. The van der Waals surface area contributed by atoms with Crippen molar-refractivity contribution in [2.45, 2.75) is 18.4 Å². The van der Waals surface area contributed by atoms with Gasteiger partial charge in [0.2, 0.25) is 0 Å². The summed E-state index contributed by atoms with van der Waals surface area (Å²) in [7, 11) is -3.39. The zero-order valence-corrected chi connectivity index (χ0v) is 16.8. The van der Waals surface area contributed by atoms with Crippen LogP contribution in [0.2, 0.25) is 0 Å². The van der Waals surface area contributed by atoms with Crippen LogP contribution in [0.5, 0.6) is 11.5 Å². The average molecular weight is 413 g/mol. The number of carbonyl (C=O) groups is 1. The lowest BCUT2D eigenvalue weighted by Crippen LogP contribution is -2.24. The highest BCUT2D eigenvalue weighted by molar-refractivity contribution is 7.90. The van der Waals surface area contributed by atoms with Gasteiger partial charge in [-0.15, -0.1) is 0 Å². The lowest BCUT2D eigenvalue weighted by molar-refractivity contribution is 0.0950.